The van der Waals surface area contributed by atoms with Gasteiger partial charge in [0.05, 0.1) is 11.5 Å². The van der Waals surface area contributed by atoms with Crippen LogP contribution in [0.1, 0.15) is 47.0 Å². The normalized spacial score (nSPS) is 31.9. The van der Waals surface area contributed by atoms with E-state index >= 15 is 0 Å². The first kappa shape index (κ1) is 17.2. The van der Waals surface area contributed by atoms with E-state index in [1.54, 1.807) is 0 Å². The van der Waals surface area contributed by atoms with Gasteiger partial charge in [0.15, 0.2) is 0 Å². The molecule has 2 saturated heterocycles. The first-order valence-corrected chi connectivity index (χ1v) is 10.3. The molecule has 2 aliphatic rings. The van der Waals surface area contributed by atoms with Crippen LogP contribution in [0, 0.1) is 11.8 Å². The van der Waals surface area contributed by atoms with E-state index in [-0.39, 0.29) is 0 Å². The second-order valence-electron chi connectivity index (χ2n) is 7.63. The van der Waals surface area contributed by atoms with Crippen molar-refractivity contribution in [3.8, 4) is 0 Å². The predicted molar refractivity (Wildman–Crippen MR) is 88.3 cm³/mol. The molecule has 2 unspecified atom stereocenters. The quantitative estimate of drug-likeness (QED) is 0.861. The number of rotatable bonds is 4. The molecule has 2 aliphatic heterocycles. The third-order valence-corrected chi connectivity index (χ3v) is 6.71. The second kappa shape index (κ2) is 6.97. The lowest BCUT2D eigenvalue weighted by Gasteiger charge is -2.47. The average Bonchev–Trinajstić information content (AvgIpc) is 2.37. The maximum absolute atomic E-state index is 11.7. The zero-order chi connectivity index (χ0) is 15.6. The summed E-state index contributed by atoms with van der Waals surface area (Å²) in [5, 5.41) is 3.71. The summed E-state index contributed by atoms with van der Waals surface area (Å²) in [6.45, 7) is 11.2. The van der Waals surface area contributed by atoms with Gasteiger partial charge in [0.1, 0.15) is 9.84 Å². The van der Waals surface area contributed by atoms with Crippen LogP contribution in [0.25, 0.3) is 0 Å². The number of piperazine rings is 1. The molecule has 2 rings (SSSR count). The molecular formula is C16H32N2O2S. The molecule has 21 heavy (non-hydrogen) atoms. The van der Waals surface area contributed by atoms with Crippen molar-refractivity contribution >= 4 is 9.84 Å². The lowest BCUT2D eigenvalue weighted by molar-refractivity contribution is 0.0466. The lowest BCUT2D eigenvalue weighted by atomic mass is 9.92. The van der Waals surface area contributed by atoms with Crippen molar-refractivity contribution in [1.29, 1.82) is 0 Å². The largest absolute Gasteiger partial charge is 0.311 e. The van der Waals surface area contributed by atoms with Crippen LogP contribution in [0.3, 0.4) is 0 Å². The minimum atomic E-state index is -2.77. The highest BCUT2D eigenvalue weighted by atomic mass is 32.2. The highest BCUT2D eigenvalue weighted by Crippen LogP contribution is 2.26. The molecule has 4 nitrogen and oxygen atoms in total. The van der Waals surface area contributed by atoms with E-state index in [4.69, 9.17) is 0 Å². The Morgan fingerprint density at radius 1 is 1.14 bits per heavy atom. The maximum Gasteiger partial charge on any atom is 0.150 e. The summed E-state index contributed by atoms with van der Waals surface area (Å²) in [4.78, 5) is 2.63. The van der Waals surface area contributed by atoms with Crippen LogP contribution in [0.2, 0.25) is 0 Å². The van der Waals surface area contributed by atoms with Gasteiger partial charge in [-0.1, -0.05) is 27.7 Å². The topological polar surface area (TPSA) is 49.4 Å². The smallest absolute Gasteiger partial charge is 0.150 e. The van der Waals surface area contributed by atoms with Gasteiger partial charge in [-0.25, -0.2) is 8.42 Å². The molecule has 0 spiro atoms. The average molecular weight is 317 g/mol. The van der Waals surface area contributed by atoms with Crippen LogP contribution in [-0.2, 0) is 9.84 Å². The van der Waals surface area contributed by atoms with E-state index in [9.17, 15) is 8.42 Å². The minimum Gasteiger partial charge on any atom is -0.311 e. The molecule has 124 valence electrons. The molecule has 2 fully saturated rings. The molecule has 0 radical (unpaired) electrons. The summed E-state index contributed by atoms with van der Waals surface area (Å²) < 4.78 is 23.3. The molecule has 0 aromatic carbocycles. The molecule has 0 aromatic rings. The number of hydrogen-bond donors (Lipinski definition) is 1. The highest BCUT2D eigenvalue weighted by molar-refractivity contribution is 7.91. The van der Waals surface area contributed by atoms with Crippen molar-refractivity contribution in [3.63, 3.8) is 0 Å². The van der Waals surface area contributed by atoms with Crippen molar-refractivity contribution in [3.05, 3.63) is 0 Å². The summed E-state index contributed by atoms with van der Waals surface area (Å²) in [6.07, 6.45) is 2.84. The highest BCUT2D eigenvalue weighted by Gasteiger charge is 2.36. The van der Waals surface area contributed by atoms with Crippen LogP contribution in [0.15, 0.2) is 0 Å². The Balaban J connectivity index is 2.04. The second-order valence-corrected chi connectivity index (χ2v) is 9.93. The summed E-state index contributed by atoms with van der Waals surface area (Å²) in [5.74, 6) is 2.06. The molecule has 0 aliphatic carbocycles. The van der Waals surface area contributed by atoms with Crippen molar-refractivity contribution in [2.45, 2.75) is 65.1 Å². The van der Waals surface area contributed by atoms with E-state index in [1.165, 1.54) is 6.42 Å². The Kier molecular flexibility index (Phi) is 5.71. The SMILES string of the molecule is CC(C)CC1CN(C2CCS(=O)(=O)CC2)C(C(C)C)CN1. The third-order valence-electron chi connectivity index (χ3n) is 4.99. The molecule has 5 heteroatoms. The Morgan fingerprint density at radius 2 is 1.76 bits per heavy atom. The van der Waals surface area contributed by atoms with Gasteiger partial charge in [0.2, 0.25) is 0 Å². The van der Waals surface area contributed by atoms with Crippen molar-refractivity contribution in [2.75, 3.05) is 24.6 Å². The van der Waals surface area contributed by atoms with Crippen molar-refractivity contribution in [1.82, 2.24) is 10.2 Å². The van der Waals surface area contributed by atoms with Crippen LogP contribution in [-0.4, -0.2) is 56.0 Å². The number of nitrogens with one attached hydrogen (secondary N) is 1. The van der Waals surface area contributed by atoms with Gasteiger partial charge in [-0.2, -0.15) is 0 Å². The van der Waals surface area contributed by atoms with Gasteiger partial charge < -0.3 is 5.32 Å². The van der Waals surface area contributed by atoms with E-state index in [0.717, 1.165) is 25.9 Å². The number of hydrogen-bond acceptors (Lipinski definition) is 4. The Hall–Kier alpha value is -0.130. The molecule has 1 N–H and O–H groups in total. The fourth-order valence-corrected chi connectivity index (χ4v) is 5.30. The van der Waals surface area contributed by atoms with Crippen LogP contribution in [0.4, 0.5) is 0 Å². The summed E-state index contributed by atoms with van der Waals surface area (Å²) in [6, 6.07) is 1.55. The zero-order valence-electron chi connectivity index (χ0n) is 14.0. The summed E-state index contributed by atoms with van der Waals surface area (Å²) >= 11 is 0. The standard InChI is InChI=1S/C16H32N2O2S/c1-12(2)9-14-11-18(16(10-17-14)13(3)4)15-5-7-21(19,20)8-6-15/h12-17H,5-11H2,1-4H3. The van der Waals surface area contributed by atoms with Crippen LogP contribution >= 0.6 is 0 Å². The lowest BCUT2D eigenvalue weighted by Crippen LogP contribution is -2.62. The zero-order valence-corrected chi connectivity index (χ0v) is 14.8. The first-order chi connectivity index (χ1) is 9.78. The van der Waals surface area contributed by atoms with Crippen molar-refractivity contribution in [2.24, 2.45) is 11.8 Å². The van der Waals surface area contributed by atoms with Crippen molar-refractivity contribution < 1.29 is 8.42 Å². The maximum atomic E-state index is 11.7. The first-order valence-electron chi connectivity index (χ1n) is 8.48. The number of sulfone groups is 1. The molecular weight excluding hydrogens is 284 g/mol. The van der Waals surface area contributed by atoms with Gasteiger partial charge in [-0.15, -0.1) is 0 Å². The monoisotopic (exact) mass is 316 g/mol. The van der Waals surface area contributed by atoms with Gasteiger partial charge in [-0.05, 0) is 31.1 Å². The van der Waals surface area contributed by atoms with Gasteiger partial charge >= 0.3 is 0 Å². The molecule has 0 aromatic heterocycles. The van der Waals surface area contributed by atoms with E-state index in [2.05, 4.69) is 37.9 Å². The molecule has 2 heterocycles. The Labute approximate surface area is 130 Å². The molecule has 0 saturated carbocycles. The summed E-state index contributed by atoms with van der Waals surface area (Å²) in [7, 11) is -2.77. The predicted octanol–water partition coefficient (Wildman–Crippen LogP) is 1.91. The Morgan fingerprint density at radius 3 is 2.29 bits per heavy atom. The third kappa shape index (κ3) is 4.67. The van der Waals surface area contributed by atoms with Gasteiger partial charge in [0, 0.05) is 31.2 Å². The molecule has 0 amide bonds. The fraction of sp³-hybridized carbons (Fsp3) is 1.00. The van der Waals surface area contributed by atoms with Crippen LogP contribution < -0.4 is 5.32 Å². The van der Waals surface area contributed by atoms with E-state index in [0.29, 0.717) is 41.5 Å². The van der Waals surface area contributed by atoms with Gasteiger partial charge in [0.25, 0.3) is 0 Å². The number of nitrogens with zero attached hydrogens (tertiary/aromatic N) is 1. The van der Waals surface area contributed by atoms with Gasteiger partial charge in [-0.3, -0.25) is 4.90 Å². The summed E-state index contributed by atoms with van der Waals surface area (Å²) in [5.41, 5.74) is 0. The van der Waals surface area contributed by atoms with E-state index in [1.807, 2.05) is 0 Å². The fourth-order valence-electron chi connectivity index (χ4n) is 3.83. The minimum absolute atomic E-state index is 0.376. The molecule has 0 bridgehead atoms. The van der Waals surface area contributed by atoms with Crippen LogP contribution in [0.5, 0.6) is 0 Å². The Bertz CT molecular complexity index is 420. The molecule has 2 atom stereocenters. The van der Waals surface area contributed by atoms with E-state index < -0.39 is 9.84 Å².